The molecule has 0 aromatic heterocycles. The normalized spacial score (nSPS) is 10.6. The zero-order valence-electron chi connectivity index (χ0n) is 12.4. The fourth-order valence-electron chi connectivity index (χ4n) is 1.99. The van der Waals surface area contributed by atoms with Crippen molar-refractivity contribution in [2.24, 2.45) is 0 Å². The van der Waals surface area contributed by atoms with Gasteiger partial charge < -0.3 is 10.1 Å². The van der Waals surface area contributed by atoms with Crippen molar-refractivity contribution < 1.29 is 4.74 Å². The van der Waals surface area contributed by atoms with Gasteiger partial charge in [-0.3, -0.25) is 0 Å². The van der Waals surface area contributed by atoms with Gasteiger partial charge in [-0.15, -0.1) is 0 Å². The molecule has 0 unspecified atom stereocenters. The summed E-state index contributed by atoms with van der Waals surface area (Å²) < 4.78 is 5.77. The lowest BCUT2D eigenvalue weighted by Gasteiger charge is -2.08. The molecule has 2 rings (SSSR count). The minimum atomic E-state index is 0.561. The molecule has 0 saturated heterocycles. The van der Waals surface area contributed by atoms with Crippen molar-refractivity contribution in [1.82, 2.24) is 5.32 Å². The van der Waals surface area contributed by atoms with E-state index in [-0.39, 0.29) is 0 Å². The number of benzene rings is 2. The molecule has 0 spiro atoms. The molecular formula is C18H22ClNO. The third-order valence-electron chi connectivity index (χ3n) is 3.28. The molecule has 0 aliphatic rings. The van der Waals surface area contributed by atoms with E-state index < -0.39 is 0 Å². The van der Waals surface area contributed by atoms with Crippen LogP contribution in [-0.2, 0) is 13.2 Å². The Bertz CT molecular complexity index is 522. The molecule has 0 saturated carbocycles. The molecule has 2 aromatic carbocycles. The van der Waals surface area contributed by atoms with Crippen molar-refractivity contribution in [3.05, 3.63) is 64.7 Å². The maximum atomic E-state index is 5.86. The first-order valence-electron chi connectivity index (χ1n) is 7.45. The molecule has 0 bridgehead atoms. The maximum absolute atomic E-state index is 5.86. The standard InChI is InChI=1S/C18H22ClNO/c1-2-3-12-20-13-15-6-10-18(11-7-15)21-14-16-4-8-17(19)9-5-16/h4-11,20H,2-3,12-14H2,1H3. The molecule has 0 aliphatic carbocycles. The summed E-state index contributed by atoms with van der Waals surface area (Å²) in [6.07, 6.45) is 2.45. The van der Waals surface area contributed by atoms with Crippen LogP contribution in [0.5, 0.6) is 5.75 Å². The first-order valence-corrected chi connectivity index (χ1v) is 7.82. The molecule has 2 nitrogen and oxygen atoms in total. The van der Waals surface area contributed by atoms with Crippen LogP contribution in [0.15, 0.2) is 48.5 Å². The lowest BCUT2D eigenvalue weighted by atomic mass is 10.2. The Morgan fingerprint density at radius 3 is 2.29 bits per heavy atom. The van der Waals surface area contributed by atoms with Gasteiger partial charge >= 0.3 is 0 Å². The second-order valence-corrected chi connectivity index (χ2v) is 5.53. The van der Waals surface area contributed by atoms with Crippen molar-refractivity contribution >= 4 is 11.6 Å². The van der Waals surface area contributed by atoms with Crippen molar-refractivity contribution in [2.75, 3.05) is 6.54 Å². The van der Waals surface area contributed by atoms with Crippen molar-refractivity contribution in [3.63, 3.8) is 0 Å². The molecule has 0 heterocycles. The topological polar surface area (TPSA) is 21.3 Å². The van der Waals surface area contributed by atoms with Gasteiger partial charge in [-0.2, -0.15) is 0 Å². The molecule has 3 heteroatoms. The zero-order valence-corrected chi connectivity index (χ0v) is 13.2. The second kappa shape index (κ2) is 8.71. The van der Waals surface area contributed by atoms with E-state index in [4.69, 9.17) is 16.3 Å². The number of ether oxygens (including phenoxy) is 1. The first-order chi connectivity index (χ1) is 10.3. The minimum absolute atomic E-state index is 0.561. The van der Waals surface area contributed by atoms with Gasteiger partial charge in [0.05, 0.1) is 0 Å². The SMILES string of the molecule is CCCCNCc1ccc(OCc2ccc(Cl)cc2)cc1. The number of nitrogens with one attached hydrogen (secondary N) is 1. The summed E-state index contributed by atoms with van der Waals surface area (Å²) in [6, 6.07) is 16.0. The van der Waals surface area contributed by atoms with Gasteiger partial charge in [0.2, 0.25) is 0 Å². The quantitative estimate of drug-likeness (QED) is 0.707. The van der Waals surface area contributed by atoms with E-state index in [9.17, 15) is 0 Å². The van der Waals surface area contributed by atoms with Gasteiger partial charge in [0.25, 0.3) is 0 Å². The van der Waals surface area contributed by atoms with Gasteiger partial charge in [-0.05, 0) is 48.4 Å². The number of hydrogen-bond acceptors (Lipinski definition) is 2. The highest BCUT2D eigenvalue weighted by Crippen LogP contribution is 2.15. The summed E-state index contributed by atoms with van der Waals surface area (Å²) in [6.45, 7) is 4.75. The van der Waals surface area contributed by atoms with Crippen LogP contribution in [0.25, 0.3) is 0 Å². The summed E-state index contributed by atoms with van der Waals surface area (Å²) in [5.74, 6) is 0.891. The van der Waals surface area contributed by atoms with Crippen LogP contribution < -0.4 is 10.1 Å². The Kier molecular flexibility index (Phi) is 6.58. The van der Waals surface area contributed by atoms with Gasteiger partial charge in [0.1, 0.15) is 12.4 Å². The van der Waals surface area contributed by atoms with E-state index >= 15 is 0 Å². The Labute approximate surface area is 132 Å². The molecule has 0 atom stereocenters. The van der Waals surface area contributed by atoms with Gasteiger partial charge in [0, 0.05) is 11.6 Å². The highest BCUT2D eigenvalue weighted by molar-refractivity contribution is 6.30. The minimum Gasteiger partial charge on any atom is -0.489 e. The molecule has 0 radical (unpaired) electrons. The average Bonchev–Trinajstić information content (AvgIpc) is 2.52. The molecule has 112 valence electrons. The third-order valence-corrected chi connectivity index (χ3v) is 3.53. The second-order valence-electron chi connectivity index (χ2n) is 5.09. The molecule has 0 aliphatic heterocycles. The molecule has 2 aromatic rings. The van der Waals surface area contributed by atoms with Crippen LogP contribution >= 0.6 is 11.6 Å². The van der Waals surface area contributed by atoms with Crippen LogP contribution in [-0.4, -0.2) is 6.54 Å². The number of unbranched alkanes of at least 4 members (excludes halogenated alkanes) is 1. The monoisotopic (exact) mass is 303 g/mol. The summed E-state index contributed by atoms with van der Waals surface area (Å²) in [5, 5.41) is 4.18. The molecule has 1 N–H and O–H groups in total. The highest BCUT2D eigenvalue weighted by Gasteiger charge is 1.98. The fraction of sp³-hybridized carbons (Fsp3) is 0.333. The Morgan fingerprint density at radius 1 is 0.952 bits per heavy atom. The zero-order chi connectivity index (χ0) is 14.9. The first kappa shape index (κ1) is 15.9. The predicted molar refractivity (Wildman–Crippen MR) is 88.8 cm³/mol. The molecule has 0 amide bonds. The van der Waals surface area contributed by atoms with Crippen LogP contribution in [0, 0.1) is 0 Å². The van der Waals surface area contributed by atoms with E-state index in [2.05, 4.69) is 24.4 Å². The largest absolute Gasteiger partial charge is 0.489 e. The van der Waals surface area contributed by atoms with Crippen LogP contribution in [0.2, 0.25) is 5.02 Å². The van der Waals surface area contributed by atoms with Crippen molar-refractivity contribution in [3.8, 4) is 5.75 Å². The summed E-state index contributed by atoms with van der Waals surface area (Å²) in [5.41, 5.74) is 2.40. The van der Waals surface area contributed by atoms with Crippen molar-refractivity contribution in [2.45, 2.75) is 32.9 Å². The Hall–Kier alpha value is -1.51. The fourth-order valence-corrected chi connectivity index (χ4v) is 2.11. The summed E-state index contributed by atoms with van der Waals surface area (Å²) >= 11 is 5.86. The van der Waals surface area contributed by atoms with E-state index in [1.165, 1.54) is 18.4 Å². The van der Waals surface area contributed by atoms with E-state index in [0.29, 0.717) is 6.61 Å². The lowest BCUT2D eigenvalue weighted by Crippen LogP contribution is -2.14. The molecule has 21 heavy (non-hydrogen) atoms. The smallest absolute Gasteiger partial charge is 0.119 e. The van der Waals surface area contributed by atoms with Gasteiger partial charge in [-0.1, -0.05) is 49.2 Å². The predicted octanol–water partition coefficient (Wildman–Crippen LogP) is 4.81. The summed E-state index contributed by atoms with van der Waals surface area (Å²) in [4.78, 5) is 0. The number of halogens is 1. The maximum Gasteiger partial charge on any atom is 0.119 e. The average molecular weight is 304 g/mol. The van der Waals surface area contributed by atoms with Crippen molar-refractivity contribution in [1.29, 1.82) is 0 Å². The van der Waals surface area contributed by atoms with Crippen LogP contribution in [0.1, 0.15) is 30.9 Å². The van der Waals surface area contributed by atoms with Gasteiger partial charge in [-0.25, -0.2) is 0 Å². The summed E-state index contributed by atoms with van der Waals surface area (Å²) in [7, 11) is 0. The van der Waals surface area contributed by atoms with Crippen LogP contribution in [0.4, 0.5) is 0 Å². The Morgan fingerprint density at radius 2 is 1.62 bits per heavy atom. The van der Waals surface area contributed by atoms with Crippen LogP contribution in [0.3, 0.4) is 0 Å². The van der Waals surface area contributed by atoms with Gasteiger partial charge in [0.15, 0.2) is 0 Å². The van der Waals surface area contributed by atoms with E-state index in [1.54, 1.807) is 0 Å². The number of hydrogen-bond donors (Lipinski definition) is 1. The Balaban J connectivity index is 1.78. The highest BCUT2D eigenvalue weighted by atomic mass is 35.5. The van der Waals surface area contributed by atoms with E-state index in [1.807, 2.05) is 36.4 Å². The lowest BCUT2D eigenvalue weighted by molar-refractivity contribution is 0.306. The van der Waals surface area contributed by atoms with E-state index in [0.717, 1.165) is 29.4 Å². The molecule has 0 fully saturated rings. The third kappa shape index (κ3) is 5.78. The molecular weight excluding hydrogens is 282 g/mol. The number of rotatable bonds is 8.